The number of allylic oxidation sites excluding steroid dienone is 12. The average Bonchev–Trinajstić information content (AvgIpc) is 3.18. The van der Waals surface area contributed by atoms with Gasteiger partial charge in [-0.2, -0.15) is 0 Å². The zero-order chi connectivity index (χ0) is 41.2. The van der Waals surface area contributed by atoms with Gasteiger partial charge in [0, 0.05) is 19.4 Å². The molecule has 320 valence electrons. The predicted octanol–water partition coefficient (Wildman–Crippen LogP) is 11.0. The van der Waals surface area contributed by atoms with Crippen molar-refractivity contribution in [1.29, 1.82) is 0 Å². The Balaban J connectivity index is 4.40. The molecule has 11 heteroatoms. The maximum Gasteiger partial charge on any atom is 0.472 e. The van der Waals surface area contributed by atoms with Gasteiger partial charge in [0.1, 0.15) is 6.61 Å². The quantitative estimate of drug-likeness (QED) is 0.0180. The van der Waals surface area contributed by atoms with E-state index in [0.717, 1.165) is 51.4 Å². The Kier molecular flexibility index (Phi) is 38.3. The smallest absolute Gasteiger partial charge is 0.462 e. The fourth-order valence-electron chi connectivity index (χ4n) is 5.21. The number of carbonyl (C=O) groups is 2. The fraction of sp³-hybridized carbons (Fsp3) is 0.644. The molecule has 56 heavy (non-hydrogen) atoms. The van der Waals surface area contributed by atoms with Crippen molar-refractivity contribution in [2.45, 2.75) is 161 Å². The van der Waals surface area contributed by atoms with Crippen LogP contribution in [0.3, 0.4) is 0 Å². The van der Waals surface area contributed by atoms with Crippen LogP contribution in [0.2, 0.25) is 0 Å². The molecule has 4 N–H and O–H groups in total. The van der Waals surface area contributed by atoms with Gasteiger partial charge in [0.25, 0.3) is 0 Å². The maximum atomic E-state index is 12.5. The average molecular weight is 806 g/mol. The first kappa shape index (κ1) is 53.1. The monoisotopic (exact) mass is 806 g/mol. The first-order valence-corrected chi connectivity index (χ1v) is 22.7. The first-order chi connectivity index (χ1) is 27.2. The second-order valence-electron chi connectivity index (χ2n) is 13.7. The van der Waals surface area contributed by atoms with Crippen LogP contribution in [0.4, 0.5) is 0 Å². The zero-order valence-electron chi connectivity index (χ0n) is 34.7. The molecule has 0 radical (unpaired) electrons. The summed E-state index contributed by atoms with van der Waals surface area (Å²) < 4.78 is 32.6. The molecule has 0 aromatic carbocycles. The second-order valence-corrected chi connectivity index (χ2v) is 15.1. The van der Waals surface area contributed by atoms with E-state index in [1.807, 2.05) is 48.6 Å². The molecule has 3 unspecified atom stereocenters. The third-order valence-corrected chi connectivity index (χ3v) is 9.34. The Bertz CT molecular complexity index is 1210. The third-order valence-electron chi connectivity index (χ3n) is 8.36. The van der Waals surface area contributed by atoms with Crippen LogP contribution in [-0.4, -0.2) is 60.5 Å². The van der Waals surface area contributed by atoms with Gasteiger partial charge in [-0.25, -0.2) is 4.57 Å². The molecule has 0 fully saturated rings. The van der Waals surface area contributed by atoms with E-state index >= 15 is 0 Å². The number of hydrogen-bond acceptors (Lipinski definition) is 9. The largest absolute Gasteiger partial charge is 0.472 e. The fourth-order valence-corrected chi connectivity index (χ4v) is 5.97. The Morgan fingerprint density at radius 1 is 0.643 bits per heavy atom. The third kappa shape index (κ3) is 39.4. The minimum atomic E-state index is -4.42. The Hall–Kier alpha value is -2.85. The zero-order valence-corrected chi connectivity index (χ0v) is 35.6. The summed E-state index contributed by atoms with van der Waals surface area (Å²) >= 11 is 0. The number of rotatable bonds is 38. The van der Waals surface area contributed by atoms with Crippen LogP contribution in [0.1, 0.15) is 149 Å². The highest BCUT2D eigenvalue weighted by Gasteiger charge is 2.25. The lowest BCUT2D eigenvalue weighted by Gasteiger charge is -2.19. The lowest BCUT2D eigenvalue weighted by Crippen LogP contribution is -2.29. The number of phosphoric ester groups is 1. The Labute approximate surface area is 339 Å². The van der Waals surface area contributed by atoms with E-state index in [9.17, 15) is 24.2 Å². The van der Waals surface area contributed by atoms with E-state index in [1.54, 1.807) is 6.08 Å². The number of esters is 2. The highest BCUT2D eigenvalue weighted by atomic mass is 31.2. The number of ether oxygens (including phenoxy) is 2. The molecule has 0 aromatic heterocycles. The van der Waals surface area contributed by atoms with Crippen molar-refractivity contribution < 1.29 is 42.7 Å². The van der Waals surface area contributed by atoms with Crippen molar-refractivity contribution in [2.75, 3.05) is 26.4 Å². The maximum absolute atomic E-state index is 12.5. The molecule has 0 aliphatic carbocycles. The van der Waals surface area contributed by atoms with Crippen LogP contribution >= 0.6 is 7.82 Å². The van der Waals surface area contributed by atoms with Gasteiger partial charge in [0.2, 0.25) is 0 Å². The Morgan fingerprint density at radius 2 is 1.23 bits per heavy atom. The summed E-state index contributed by atoms with van der Waals surface area (Å²) in [4.78, 5) is 34.8. The number of phosphoric acid groups is 1. The van der Waals surface area contributed by atoms with E-state index in [0.29, 0.717) is 25.7 Å². The first-order valence-electron chi connectivity index (χ1n) is 21.2. The summed E-state index contributed by atoms with van der Waals surface area (Å²) in [5, 5.41) is 9.99. The molecule has 0 aromatic rings. The normalized spacial score (nSPS) is 14.7. The lowest BCUT2D eigenvalue weighted by molar-refractivity contribution is -0.161. The summed E-state index contributed by atoms with van der Waals surface area (Å²) in [6.07, 6.45) is 46.5. The van der Waals surface area contributed by atoms with Gasteiger partial charge in [-0.3, -0.25) is 18.6 Å². The predicted molar refractivity (Wildman–Crippen MR) is 230 cm³/mol. The standard InChI is InChI=1S/C45H76NO9P/c1-3-5-7-9-11-12-13-14-15-16-17-21-24-28-32-36-44(48)52-40-43(41-54-56(50,51)53-39-38-46)55-45(49)37-33-29-25-22-19-18-20-23-27-31-35-42(47)34-30-26-10-8-6-4-2/h6,8,14-15,18-19,23,25-27,29-31,35,42-43,47H,3-5,7,9-13,16-17,20-22,24,28,32-34,36-41,46H2,1-2H3,(H,50,51). The van der Waals surface area contributed by atoms with Crippen molar-refractivity contribution in [3.8, 4) is 0 Å². The molecule has 0 bridgehead atoms. The van der Waals surface area contributed by atoms with Gasteiger partial charge in [0.15, 0.2) is 6.10 Å². The molecule has 0 heterocycles. The van der Waals surface area contributed by atoms with Gasteiger partial charge in [0.05, 0.1) is 19.3 Å². The number of unbranched alkanes of at least 4 members (excludes halogenated alkanes) is 11. The van der Waals surface area contributed by atoms with E-state index in [4.69, 9.17) is 24.3 Å². The van der Waals surface area contributed by atoms with E-state index in [-0.39, 0.29) is 32.6 Å². The van der Waals surface area contributed by atoms with Gasteiger partial charge in [-0.15, -0.1) is 0 Å². The molecule has 0 aliphatic rings. The summed E-state index contributed by atoms with van der Waals surface area (Å²) in [6, 6.07) is 0. The van der Waals surface area contributed by atoms with Crippen molar-refractivity contribution in [1.82, 2.24) is 0 Å². The summed E-state index contributed by atoms with van der Waals surface area (Å²) in [7, 11) is -4.42. The molecular weight excluding hydrogens is 729 g/mol. The van der Waals surface area contributed by atoms with Gasteiger partial charge in [-0.05, 0) is 70.6 Å². The molecule has 3 atom stereocenters. The van der Waals surface area contributed by atoms with E-state index in [2.05, 4.69) is 44.2 Å². The van der Waals surface area contributed by atoms with Crippen LogP contribution in [0.15, 0.2) is 85.1 Å². The number of carbonyl (C=O) groups excluding carboxylic acids is 2. The molecule has 0 amide bonds. The molecular formula is C45H76NO9P. The lowest BCUT2D eigenvalue weighted by atomic mass is 10.1. The second kappa shape index (κ2) is 40.4. The molecule has 0 saturated carbocycles. The molecule has 0 rings (SSSR count). The molecule has 0 saturated heterocycles. The number of hydrogen-bond donors (Lipinski definition) is 3. The van der Waals surface area contributed by atoms with Crippen LogP contribution in [0.5, 0.6) is 0 Å². The highest BCUT2D eigenvalue weighted by molar-refractivity contribution is 7.47. The Morgan fingerprint density at radius 3 is 1.91 bits per heavy atom. The van der Waals surface area contributed by atoms with Gasteiger partial charge >= 0.3 is 19.8 Å². The topological polar surface area (TPSA) is 155 Å². The van der Waals surface area contributed by atoms with E-state index in [1.165, 1.54) is 44.9 Å². The van der Waals surface area contributed by atoms with Crippen molar-refractivity contribution in [2.24, 2.45) is 5.73 Å². The van der Waals surface area contributed by atoms with Crippen LogP contribution in [-0.2, 0) is 32.7 Å². The SMILES string of the molecule is CCC=CCC=CCC(O)C=CC=CCC=CCC=CCCC(=O)OC(COC(=O)CCCCCCCC=CCCCCCCCC)COP(=O)(O)OCCN. The van der Waals surface area contributed by atoms with Crippen LogP contribution in [0, 0.1) is 0 Å². The highest BCUT2D eigenvalue weighted by Crippen LogP contribution is 2.43. The van der Waals surface area contributed by atoms with Crippen LogP contribution in [0.25, 0.3) is 0 Å². The molecule has 10 nitrogen and oxygen atoms in total. The number of nitrogens with two attached hydrogens (primary N) is 1. The van der Waals surface area contributed by atoms with Gasteiger partial charge in [-0.1, -0.05) is 150 Å². The summed E-state index contributed by atoms with van der Waals surface area (Å²) in [5.41, 5.74) is 5.33. The van der Waals surface area contributed by atoms with Crippen molar-refractivity contribution in [3.63, 3.8) is 0 Å². The van der Waals surface area contributed by atoms with E-state index < -0.39 is 38.6 Å². The summed E-state index contributed by atoms with van der Waals surface area (Å²) in [5.74, 6) is -0.974. The number of aliphatic hydroxyl groups excluding tert-OH is 1. The molecule has 0 spiro atoms. The minimum Gasteiger partial charge on any atom is -0.462 e. The number of aliphatic hydroxyl groups is 1. The van der Waals surface area contributed by atoms with Gasteiger partial charge < -0.3 is 25.2 Å². The van der Waals surface area contributed by atoms with Crippen molar-refractivity contribution in [3.05, 3.63) is 85.1 Å². The molecule has 0 aliphatic heterocycles. The summed E-state index contributed by atoms with van der Waals surface area (Å²) in [6.45, 7) is 3.41. The minimum absolute atomic E-state index is 0.0282. The van der Waals surface area contributed by atoms with Crippen molar-refractivity contribution >= 4 is 19.8 Å². The van der Waals surface area contributed by atoms with Crippen LogP contribution < -0.4 is 5.73 Å².